The van der Waals surface area contributed by atoms with Crippen LogP contribution in [0, 0.1) is 6.92 Å². The Morgan fingerprint density at radius 2 is 1.90 bits per heavy atom. The molecule has 0 aliphatic heterocycles. The van der Waals surface area contributed by atoms with Gasteiger partial charge in [0.15, 0.2) is 0 Å². The number of anilines is 1. The van der Waals surface area contributed by atoms with Gasteiger partial charge in [0, 0.05) is 21.3 Å². The minimum atomic E-state index is -0.162. The molecule has 0 atom stereocenters. The average molecular weight is 351 g/mol. The summed E-state index contributed by atoms with van der Waals surface area (Å²) in [7, 11) is 0. The Labute approximate surface area is 131 Å². The summed E-state index contributed by atoms with van der Waals surface area (Å²) in [6.45, 7) is 1.95. The Morgan fingerprint density at radius 1 is 1.20 bits per heavy atom. The van der Waals surface area contributed by atoms with Gasteiger partial charge in [-0.25, -0.2) is 0 Å². The maximum atomic E-state index is 11.9. The number of carbonyl (C=O) groups is 1. The topological polar surface area (TPSA) is 29.1 Å². The minimum Gasteiger partial charge on any atom is -0.322 e. The fraction of sp³-hybridized carbons (Fsp3) is 0.0625. The lowest BCUT2D eigenvalue weighted by Gasteiger charge is -2.06. The third-order valence-electron chi connectivity index (χ3n) is 2.74. The maximum absolute atomic E-state index is 11.9. The molecule has 4 heteroatoms. The van der Waals surface area contributed by atoms with Gasteiger partial charge in [-0.15, -0.1) is 0 Å². The van der Waals surface area contributed by atoms with Crippen molar-refractivity contribution in [2.45, 2.75) is 6.92 Å². The largest absolute Gasteiger partial charge is 0.322 e. The summed E-state index contributed by atoms with van der Waals surface area (Å²) in [5, 5.41) is 3.52. The normalized spacial score (nSPS) is 10.8. The molecule has 2 aromatic rings. The van der Waals surface area contributed by atoms with Crippen molar-refractivity contribution < 1.29 is 4.79 Å². The van der Waals surface area contributed by atoms with Gasteiger partial charge in [-0.05, 0) is 54.5 Å². The highest BCUT2D eigenvalue weighted by atomic mass is 79.9. The molecule has 0 saturated carbocycles. The summed E-state index contributed by atoms with van der Waals surface area (Å²) < 4.78 is 0.990. The second kappa shape index (κ2) is 6.73. The summed E-state index contributed by atoms with van der Waals surface area (Å²) in [6, 6.07) is 13.0. The second-order valence-corrected chi connectivity index (χ2v) is 5.69. The van der Waals surface area contributed by atoms with Crippen LogP contribution in [0.2, 0.25) is 5.02 Å². The lowest BCUT2D eigenvalue weighted by atomic mass is 10.2. The Bertz CT molecular complexity index is 650. The Kier molecular flexibility index (Phi) is 4.99. The van der Waals surface area contributed by atoms with Crippen LogP contribution in [-0.4, -0.2) is 5.91 Å². The van der Waals surface area contributed by atoms with Crippen LogP contribution in [-0.2, 0) is 4.79 Å². The molecule has 0 aliphatic carbocycles. The first-order valence-corrected chi connectivity index (χ1v) is 7.22. The van der Waals surface area contributed by atoms with Crippen LogP contribution >= 0.6 is 27.5 Å². The van der Waals surface area contributed by atoms with Crippen LogP contribution in [0.25, 0.3) is 6.08 Å². The molecule has 0 unspecified atom stereocenters. The molecule has 2 aromatic carbocycles. The molecular formula is C16H13BrClNO. The standard InChI is InChI=1S/C16H13BrClNO/c1-11-10-13(17)5-8-15(11)19-16(20)9-4-12-2-6-14(18)7-3-12/h2-10H,1H3,(H,19,20)/b9-4+. The number of aryl methyl sites for hydroxylation is 1. The van der Waals surface area contributed by atoms with Crippen molar-refractivity contribution in [3.8, 4) is 0 Å². The van der Waals surface area contributed by atoms with E-state index in [9.17, 15) is 4.79 Å². The van der Waals surface area contributed by atoms with E-state index in [2.05, 4.69) is 21.2 Å². The third kappa shape index (κ3) is 4.22. The Hall–Kier alpha value is -1.58. The number of hydrogen-bond donors (Lipinski definition) is 1. The number of amides is 1. The third-order valence-corrected chi connectivity index (χ3v) is 3.49. The molecule has 0 fully saturated rings. The van der Waals surface area contributed by atoms with Crippen LogP contribution in [0.3, 0.4) is 0 Å². The highest BCUT2D eigenvalue weighted by Gasteiger charge is 2.02. The summed E-state index contributed by atoms with van der Waals surface area (Å²) in [4.78, 5) is 11.9. The number of nitrogens with one attached hydrogen (secondary N) is 1. The Balaban J connectivity index is 2.03. The zero-order valence-electron chi connectivity index (χ0n) is 10.9. The van der Waals surface area contributed by atoms with Crippen LogP contribution in [0.1, 0.15) is 11.1 Å². The van der Waals surface area contributed by atoms with E-state index in [0.717, 1.165) is 21.3 Å². The van der Waals surface area contributed by atoms with Crippen LogP contribution in [0.4, 0.5) is 5.69 Å². The molecule has 0 spiro atoms. The summed E-state index contributed by atoms with van der Waals surface area (Å²) in [5.74, 6) is -0.162. The molecule has 2 rings (SSSR count). The van der Waals surface area contributed by atoms with Gasteiger partial charge in [0.25, 0.3) is 0 Å². The van der Waals surface area contributed by atoms with Crippen molar-refractivity contribution in [3.05, 3.63) is 69.2 Å². The van der Waals surface area contributed by atoms with Gasteiger partial charge in [-0.3, -0.25) is 4.79 Å². The van der Waals surface area contributed by atoms with Crippen molar-refractivity contribution in [2.24, 2.45) is 0 Å². The zero-order valence-corrected chi connectivity index (χ0v) is 13.2. The van der Waals surface area contributed by atoms with E-state index in [1.54, 1.807) is 18.2 Å². The fourth-order valence-electron chi connectivity index (χ4n) is 1.69. The molecule has 0 bridgehead atoms. The molecule has 20 heavy (non-hydrogen) atoms. The molecule has 0 saturated heterocycles. The SMILES string of the molecule is Cc1cc(Br)ccc1NC(=O)/C=C/c1ccc(Cl)cc1. The number of halogens is 2. The lowest BCUT2D eigenvalue weighted by molar-refractivity contribution is -0.111. The van der Waals surface area contributed by atoms with Crippen molar-refractivity contribution in [3.63, 3.8) is 0 Å². The fourth-order valence-corrected chi connectivity index (χ4v) is 2.29. The number of rotatable bonds is 3. The van der Waals surface area contributed by atoms with E-state index in [-0.39, 0.29) is 5.91 Å². The van der Waals surface area contributed by atoms with E-state index in [4.69, 9.17) is 11.6 Å². The van der Waals surface area contributed by atoms with E-state index in [0.29, 0.717) is 5.02 Å². The monoisotopic (exact) mass is 349 g/mol. The number of hydrogen-bond acceptors (Lipinski definition) is 1. The molecule has 0 aliphatic rings. The van der Waals surface area contributed by atoms with Gasteiger partial charge in [-0.2, -0.15) is 0 Å². The van der Waals surface area contributed by atoms with E-state index >= 15 is 0 Å². The molecule has 2 nitrogen and oxygen atoms in total. The molecule has 0 aromatic heterocycles. The van der Waals surface area contributed by atoms with Crippen molar-refractivity contribution in [2.75, 3.05) is 5.32 Å². The first-order valence-electron chi connectivity index (χ1n) is 6.05. The van der Waals surface area contributed by atoms with Gasteiger partial charge in [0.2, 0.25) is 5.91 Å². The summed E-state index contributed by atoms with van der Waals surface area (Å²) in [6.07, 6.45) is 3.25. The predicted octanol–water partition coefficient (Wildman–Crippen LogP) is 5.06. The van der Waals surface area contributed by atoms with Gasteiger partial charge in [-0.1, -0.05) is 39.7 Å². The first kappa shape index (κ1) is 14.8. The van der Waals surface area contributed by atoms with Gasteiger partial charge in [0.1, 0.15) is 0 Å². The van der Waals surface area contributed by atoms with Crippen molar-refractivity contribution in [1.82, 2.24) is 0 Å². The van der Waals surface area contributed by atoms with E-state index in [1.807, 2.05) is 37.3 Å². The molecule has 0 radical (unpaired) electrons. The molecule has 1 N–H and O–H groups in total. The van der Waals surface area contributed by atoms with E-state index in [1.165, 1.54) is 6.08 Å². The molecular weight excluding hydrogens is 338 g/mol. The quantitative estimate of drug-likeness (QED) is 0.770. The number of benzene rings is 2. The van der Waals surface area contributed by atoms with Crippen LogP contribution in [0.5, 0.6) is 0 Å². The maximum Gasteiger partial charge on any atom is 0.248 e. The number of carbonyl (C=O) groups excluding carboxylic acids is 1. The van der Waals surface area contributed by atoms with Crippen molar-refractivity contribution >= 4 is 45.2 Å². The van der Waals surface area contributed by atoms with E-state index < -0.39 is 0 Å². The molecule has 1 amide bonds. The summed E-state index contributed by atoms with van der Waals surface area (Å²) in [5.41, 5.74) is 2.74. The first-order chi connectivity index (χ1) is 9.54. The van der Waals surface area contributed by atoms with Gasteiger partial charge in [0.05, 0.1) is 0 Å². The van der Waals surface area contributed by atoms with Gasteiger partial charge >= 0.3 is 0 Å². The Morgan fingerprint density at radius 3 is 2.55 bits per heavy atom. The highest BCUT2D eigenvalue weighted by molar-refractivity contribution is 9.10. The molecule has 0 heterocycles. The zero-order chi connectivity index (χ0) is 14.5. The smallest absolute Gasteiger partial charge is 0.248 e. The predicted molar refractivity (Wildman–Crippen MR) is 88.0 cm³/mol. The lowest BCUT2D eigenvalue weighted by Crippen LogP contribution is -2.08. The highest BCUT2D eigenvalue weighted by Crippen LogP contribution is 2.20. The second-order valence-electron chi connectivity index (χ2n) is 4.33. The van der Waals surface area contributed by atoms with Crippen LogP contribution < -0.4 is 5.32 Å². The summed E-state index contributed by atoms with van der Waals surface area (Å²) >= 11 is 9.20. The van der Waals surface area contributed by atoms with Crippen LogP contribution in [0.15, 0.2) is 53.0 Å². The van der Waals surface area contributed by atoms with Gasteiger partial charge < -0.3 is 5.32 Å². The average Bonchev–Trinajstić information content (AvgIpc) is 2.41. The molecule has 102 valence electrons. The minimum absolute atomic E-state index is 0.162. The van der Waals surface area contributed by atoms with Crippen molar-refractivity contribution in [1.29, 1.82) is 0 Å².